The fourth-order valence-corrected chi connectivity index (χ4v) is 2.67. The minimum absolute atomic E-state index is 0.226. The molecule has 2 rings (SSSR count). The second-order valence-corrected chi connectivity index (χ2v) is 4.74. The molecule has 0 aliphatic carbocycles. The van der Waals surface area contributed by atoms with E-state index in [1.54, 1.807) is 11.3 Å². The van der Waals surface area contributed by atoms with Gasteiger partial charge in [-0.15, -0.1) is 0 Å². The Bertz CT molecular complexity index is 254. The van der Waals surface area contributed by atoms with E-state index in [2.05, 4.69) is 5.32 Å². The first kappa shape index (κ1) is 10.1. The molecule has 0 aromatic carbocycles. The van der Waals surface area contributed by atoms with Crippen LogP contribution in [-0.4, -0.2) is 19.3 Å². The molecule has 2 unspecified atom stereocenters. The molecule has 14 heavy (non-hydrogen) atoms. The van der Waals surface area contributed by atoms with Crippen molar-refractivity contribution in [2.45, 2.75) is 25.4 Å². The number of hydrogen-bond donors (Lipinski definition) is 1. The van der Waals surface area contributed by atoms with E-state index < -0.39 is 6.17 Å². The molecule has 0 bridgehead atoms. The largest absolute Gasteiger partial charge is 0.316 e. The second-order valence-electron chi connectivity index (χ2n) is 3.96. The number of alkyl halides is 1. The molecule has 78 valence electrons. The van der Waals surface area contributed by atoms with Crippen LogP contribution in [0.1, 0.15) is 18.4 Å². The minimum Gasteiger partial charge on any atom is -0.316 e. The van der Waals surface area contributed by atoms with E-state index in [4.69, 9.17) is 0 Å². The molecule has 1 aromatic rings. The van der Waals surface area contributed by atoms with Crippen LogP contribution in [0.4, 0.5) is 4.39 Å². The monoisotopic (exact) mass is 213 g/mol. The predicted molar refractivity (Wildman–Crippen MR) is 58.5 cm³/mol. The van der Waals surface area contributed by atoms with Gasteiger partial charge < -0.3 is 5.32 Å². The number of thiophene rings is 1. The maximum Gasteiger partial charge on any atom is 0.108 e. The van der Waals surface area contributed by atoms with Gasteiger partial charge in [-0.1, -0.05) is 0 Å². The van der Waals surface area contributed by atoms with Crippen LogP contribution < -0.4 is 5.32 Å². The van der Waals surface area contributed by atoms with Crippen LogP contribution in [-0.2, 0) is 6.42 Å². The fourth-order valence-electron chi connectivity index (χ4n) is 1.99. The molecule has 1 saturated heterocycles. The predicted octanol–water partition coefficient (Wildman–Crippen LogP) is 2.63. The van der Waals surface area contributed by atoms with Gasteiger partial charge in [-0.25, -0.2) is 4.39 Å². The molecular formula is C11H16FNS. The van der Waals surface area contributed by atoms with E-state index in [0.29, 0.717) is 6.42 Å². The van der Waals surface area contributed by atoms with E-state index >= 15 is 0 Å². The van der Waals surface area contributed by atoms with E-state index in [-0.39, 0.29) is 5.92 Å². The van der Waals surface area contributed by atoms with Gasteiger partial charge in [0.1, 0.15) is 6.17 Å². The third-order valence-corrected chi connectivity index (χ3v) is 3.59. The van der Waals surface area contributed by atoms with Crippen LogP contribution in [0, 0.1) is 5.92 Å². The Labute approximate surface area is 88.3 Å². The number of rotatable bonds is 3. The van der Waals surface area contributed by atoms with Gasteiger partial charge in [0.15, 0.2) is 0 Å². The summed E-state index contributed by atoms with van der Waals surface area (Å²) in [7, 11) is 0. The summed E-state index contributed by atoms with van der Waals surface area (Å²) in [6.45, 7) is 1.91. The van der Waals surface area contributed by atoms with Gasteiger partial charge in [-0.3, -0.25) is 0 Å². The normalized spacial score (nSPS) is 24.8. The van der Waals surface area contributed by atoms with Crippen LogP contribution in [0.2, 0.25) is 0 Å². The molecule has 0 saturated carbocycles. The number of halogens is 1. The van der Waals surface area contributed by atoms with E-state index in [1.165, 1.54) is 0 Å². The van der Waals surface area contributed by atoms with Crippen molar-refractivity contribution in [3.8, 4) is 0 Å². The molecule has 1 aliphatic rings. The Morgan fingerprint density at radius 1 is 1.64 bits per heavy atom. The summed E-state index contributed by atoms with van der Waals surface area (Å²) in [5.74, 6) is 0.226. The van der Waals surface area contributed by atoms with E-state index in [0.717, 1.165) is 31.5 Å². The lowest BCUT2D eigenvalue weighted by Crippen LogP contribution is -2.35. The summed E-state index contributed by atoms with van der Waals surface area (Å²) in [5, 5.41) is 7.32. The zero-order valence-electron chi connectivity index (χ0n) is 8.21. The maximum absolute atomic E-state index is 13.8. The molecule has 2 atom stereocenters. The van der Waals surface area contributed by atoms with Gasteiger partial charge in [0.2, 0.25) is 0 Å². The van der Waals surface area contributed by atoms with Gasteiger partial charge >= 0.3 is 0 Å². The molecule has 2 heterocycles. The number of nitrogens with one attached hydrogen (secondary N) is 1. The summed E-state index contributed by atoms with van der Waals surface area (Å²) in [6, 6.07) is 2.02. The zero-order valence-corrected chi connectivity index (χ0v) is 9.02. The molecular weight excluding hydrogens is 197 g/mol. The minimum atomic E-state index is -0.669. The molecule has 0 radical (unpaired) electrons. The lowest BCUT2D eigenvalue weighted by Gasteiger charge is -2.25. The molecule has 1 nitrogen and oxygen atoms in total. The zero-order chi connectivity index (χ0) is 9.80. The van der Waals surface area contributed by atoms with Gasteiger partial charge in [0.25, 0.3) is 0 Å². The molecule has 1 fully saturated rings. The van der Waals surface area contributed by atoms with Gasteiger partial charge in [-0.05, 0) is 41.8 Å². The molecule has 0 spiro atoms. The van der Waals surface area contributed by atoms with Crippen molar-refractivity contribution < 1.29 is 4.39 Å². The summed E-state index contributed by atoms with van der Waals surface area (Å²) < 4.78 is 13.8. The third-order valence-electron chi connectivity index (χ3n) is 2.86. The third kappa shape index (κ3) is 2.55. The molecule has 3 heteroatoms. The second kappa shape index (κ2) is 4.89. The average molecular weight is 213 g/mol. The average Bonchev–Trinajstić information content (AvgIpc) is 2.72. The van der Waals surface area contributed by atoms with Gasteiger partial charge in [0, 0.05) is 18.9 Å². The highest BCUT2D eigenvalue weighted by atomic mass is 32.1. The standard InChI is InChI=1S/C11H16FNS/c12-11(6-9-3-5-14-8-9)10-2-1-4-13-7-10/h3,5,8,10-11,13H,1-2,4,6-7H2. The Morgan fingerprint density at radius 3 is 3.21 bits per heavy atom. The first-order valence-corrected chi connectivity index (χ1v) is 6.16. The van der Waals surface area contributed by atoms with Crippen molar-refractivity contribution in [1.29, 1.82) is 0 Å². The van der Waals surface area contributed by atoms with Crippen LogP contribution in [0.25, 0.3) is 0 Å². The van der Waals surface area contributed by atoms with Crippen molar-refractivity contribution in [3.05, 3.63) is 22.4 Å². The number of hydrogen-bond acceptors (Lipinski definition) is 2. The van der Waals surface area contributed by atoms with Crippen molar-refractivity contribution >= 4 is 11.3 Å². The van der Waals surface area contributed by atoms with E-state index in [9.17, 15) is 4.39 Å². The fraction of sp³-hybridized carbons (Fsp3) is 0.636. The van der Waals surface area contributed by atoms with Crippen molar-refractivity contribution in [2.24, 2.45) is 5.92 Å². The van der Waals surface area contributed by atoms with Crippen LogP contribution >= 0.6 is 11.3 Å². The molecule has 0 amide bonds. The molecule has 1 aromatic heterocycles. The van der Waals surface area contributed by atoms with Crippen molar-refractivity contribution in [1.82, 2.24) is 5.32 Å². The summed E-state index contributed by atoms with van der Waals surface area (Å²) in [4.78, 5) is 0. The summed E-state index contributed by atoms with van der Waals surface area (Å²) >= 11 is 1.65. The topological polar surface area (TPSA) is 12.0 Å². The lowest BCUT2D eigenvalue weighted by molar-refractivity contribution is 0.191. The van der Waals surface area contributed by atoms with E-state index in [1.807, 2.05) is 16.8 Å². The Balaban J connectivity index is 1.85. The highest BCUT2D eigenvalue weighted by Gasteiger charge is 2.23. The molecule has 1 N–H and O–H groups in total. The SMILES string of the molecule is FC(Cc1ccsc1)C1CCCNC1. The summed E-state index contributed by atoms with van der Waals surface area (Å²) in [5.41, 5.74) is 1.15. The number of piperidine rings is 1. The van der Waals surface area contributed by atoms with Gasteiger partial charge in [-0.2, -0.15) is 11.3 Å². The van der Waals surface area contributed by atoms with Crippen molar-refractivity contribution in [2.75, 3.05) is 13.1 Å². The first-order chi connectivity index (χ1) is 6.86. The Kier molecular flexibility index (Phi) is 3.54. The summed E-state index contributed by atoms with van der Waals surface area (Å²) in [6.07, 6.45) is 2.08. The Morgan fingerprint density at radius 2 is 2.57 bits per heavy atom. The van der Waals surface area contributed by atoms with Crippen LogP contribution in [0.5, 0.6) is 0 Å². The highest BCUT2D eigenvalue weighted by molar-refractivity contribution is 7.07. The lowest BCUT2D eigenvalue weighted by atomic mass is 9.91. The maximum atomic E-state index is 13.8. The van der Waals surface area contributed by atoms with Crippen LogP contribution in [0.15, 0.2) is 16.8 Å². The smallest absolute Gasteiger partial charge is 0.108 e. The Hall–Kier alpha value is -0.410. The van der Waals surface area contributed by atoms with Gasteiger partial charge in [0.05, 0.1) is 0 Å². The van der Waals surface area contributed by atoms with Crippen LogP contribution in [0.3, 0.4) is 0 Å². The molecule has 1 aliphatic heterocycles. The van der Waals surface area contributed by atoms with Crippen molar-refractivity contribution in [3.63, 3.8) is 0 Å². The quantitative estimate of drug-likeness (QED) is 0.814. The first-order valence-electron chi connectivity index (χ1n) is 5.22. The highest BCUT2D eigenvalue weighted by Crippen LogP contribution is 2.21.